The van der Waals surface area contributed by atoms with Crippen molar-refractivity contribution in [1.29, 1.82) is 0 Å². The van der Waals surface area contributed by atoms with Gasteiger partial charge in [-0.2, -0.15) is 16.8 Å². The van der Waals surface area contributed by atoms with Crippen LogP contribution in [0.5, 0.6) is 0 Å². The minimum Gasteiger partial charge on any atom is -0.270 e. The van der Waals surface area contributed by atoms with Crippen molar-refractivity contribution in [1.82, 2.24) is 0 Å². The molecule has 0 amide bonds. The van der Waals surface area contributed by atoms with E-state index in [-0.39, 0.29) is 13.2 Å². The van der Waals surface area contributed by atoms with Gasteiger partial charge in [0.25, 0.3) is 20.2 Å². The maximum absolute atomic E-state index is 11.0. The highest BCUT2D eigenvalue weighted by Crippen LogP contribution is 2.37. The molecule has 0 aliphatic heterocycles. The van der Waals surface area contributed by atoms with Crippen molar-refractivity contribution in [2.45, 2.75) is 32.1 Å². The van der Waals surface area contributed by atoms with E-state index in [2.05, 4.69) is 0 Å². The van der Waals surface area contributed by atoms with Crippen molar-refractivity contribution in [2.75, 3.05) is 25.7 Å². The minimum atomic E-state index is -3.52. The maximum Gasteiger partial charge on any atom is 0.264 e. The lowest BCUT2D eigenvalue weighted by molar-refractivity contribution is 0.0497. The first-order chi connectivity index (χ1) is 8.12. The summed E-state index contributed by atoms with van der Waals surface area (Å²) in [6.07, 6.45) is 6.35. The molecule has 0 aromatic carbocycles. The van der Waals surface area contributed by atoms with Gasteiger partial charge in [-0.05, 0) is 12.8 Å². The topological polar surface area (TPSA) is 86.7 Å². The molecule has 8 heteroatoms. The van der Waals surface area contributed by atoms with E-state index in [0.717, 1.165) is 44.6 Å². The normalized spacial score (nSPS) is 20.8. The second-order valence-electron chi connectivity index (χ2n) is 4.99. The number of hydrogen-bond donors (Lipinski definition) is 0. The highest BCUT2D eigenvalue weighted by molar-refractivity contribution is 7.86. The van der Waals surface area contributed by atoms with Crippen molar-refractivity contribution in [2.24, 2.45) is 5.41 Å². The van der Waals surface area contributed by atoms with Gasteiger partial charge in [-0.1, -0.05) is 19.3 Å². The van der Waals surface area contributed by atoms with E-state index >= 15 is 0 Å². The molecule has 1 fully saturated rings. The Morgan fingerprint density at radius 3 is 1.56 bits per heavy atom. The molecule has 0 aromatic heterocycles. The van der Waals surface area contributed by atoms with Crippen LogP contribution in [0.1, 0.15) is 32.1 Å². The Bertz CT molecular complexity index is 421. The van der Waals surface area contributed by atoms with Gasteiger partial charge in [0, 0.05) is 5.41 Å². The zero-order valence-corrected chi connectivity index (χ0v) is 12.3. The van der Waals surface area contributed by atoms with Crippen LogP contribution in [0.3, 0.4) is 0 Å². The maximum atomic E-state index is 11.0. The van der Waals surface area contributed by atoms with Gasteiger partial charge < -0.3 is 0 Å². The van der Waals surface area contributed by atoms with Crippen LogP contribution in [0, 0.1) is 5.41 Å². The summed E-state index contributed by atoms with van der Waals surface area (Å²) in [7, 11) is -7.04. The molecule has 1 saturated carbocycles. The van der Waals surface area contributed by atoms with E-state index in [1.165, 1.54) is 0 Å². The second-order valence-corrected chi connectivity index (χ2v) is 8.28. The number of hydrogen-bond acceptors (Lipinski definition) is 6. The third-order valence-corrected chi connectivity index (χ3v) is 4.16. The Labute approximate surface area is 109 Å². The van der Waals surface area contributed by atoms with Gasteiger partial charge in [-0.25, -0.2) is 0 Å². The predicted molar refractivity (Wildman–Crippen MR) is 67.1 cm³/mol. The molecule has 18 heavy (non-hydrogen) atoms. The third-order valence-electron chi connectivity index (χ3n) is 3.07. The van der Waals surface area contributed by atoms with Crippen LogP contribution in [-0.4, -0.2) is 42.6 Å². The first-order valence-electron chi connectivity index (χ1n) is 5.81. The Kier molecular flexibility index (Phi) is 5.16. The number of rotatable bonds is 6. The van der Waals surface area contributed by atoms with E-state index in [4.69, 9.17) is 8.37 Å². The lowest BCUT2D eigenvalue weighted by atomic mass is 9.75. The molecule has 0 radical (unpaired) electrons. The van der Waals surface area contributed by atoms with E-state index in [9.17, 15) is 16.8 Å². The fourth-order valence-corrected chi connectivity index (χ4v) is 3.02. The smallest absolute Gasteiger partial charge is 0.264 e. The highest BCUT2D eigenvalue weighted by atomic mass is 32.2. The van der Waals surface area contributed by atoms with Crippen LogP contribution in [0.25, 0.3) is 0 Å². The first-order valence-corrected chi connectivity index (χ1v) is 9.44. The van der Waals surface area contributed by atoms with Gasteiger partial charge in [0.15, 0.2) is 0 Å². The first kappa shape index (κ1) is 15.9. The Hall–Kier alpha value is -0.180. The molecule has 108 valence electrons. The zero-order chi connectivity index (χ0) is 13.9. The van der Waals surface area contributed by atoms with Gasteiger partial charge in [0.2, 0.25) is 0 Å². The molecule has 0 bridgehead atoms. The highest BCUT2D eigenvalue weighted by Gasteiger charge is 2.35. The summed E-state index contributed by atoms with van der Waals surface area (Å²) in [4.78, 5) is 0. The largest absolute Gasteiger partial charge is 0.270 e. The Morgan fingerprint density at radius 1 is 0.833 bits per heavy atom. The van der Waals surface area contributed by atoms with Crippen LogP contribution in [0.15, 0.2) is 0 Å². The molecule has 0 N–H and O–H groups in total. The van der Waals surface area contributed by atoms with Crippen molar-refractivity contribution in [3.05, 3.63) is 0 Å². The van der Waals surface area contributed by atoms with Crippen LogP contribution in [-0.2, 0) is 28.6 Å². The summed E-state index contributed by atoms with van der Waals surface area (Å²) in [5, 5.41) is 0. The monoisotopic (exact) mass is 300 g/mol. The Balaban J connectivity index is 2.69. The summed E-state index contributed by atoms with van der Waals surface area (Å²) in [6.45, 7) is -0.0251. The molecule has 1 aliphatic carbocycles. The molecule has 0 saturated heterocycles. The summed E-state index contributed by atoms with van der Waals surface area (Å²) in [5.41, 5.74) is -0.510. The van der Waals surface area contributed by atoms with E-state index < -0.39 is 25.7 Å². The molecule has 0 aromatic rings. The summed E-state index contributed by atoms with van der Waals surface area (Å²) >= 11 is 0. The van der Waals surface area contributed by atoms with E-state index in [1.807, 2.05) is 0 Å². The molecule has 0 heterocycles. The van der Waals surface area contributed by atoms with Gasteiger partial charge >= 0.3 is 0 Å². The minimum absolute atomic E-state index is 0.0125. The summed E-state index contributed by atoms with van der Waals surface area (Å²) in [6, 6.07) is 0. The molecule has 0 spiro atoms. The predicted octanol–water partition coefficient (Wildman–Crippen LogP) is 0.889. The average Bonchev–Trinajstić information content (AvgIpc) is 2.24. The van der Waals surface area contributed by atoms with Crippen LogP contribution in [0.4, 0.5) is 0 Å². The van der Waals surface area contributed by atoms with Crippen molar-refractivity contribution < 1.29 is 25.2 Å². The quantitative estimate of drug-likeness (QED) is 0.677. The second kappa shape index (κ2) is 5.85. The van der Waals surface area contributed by atoms with Crippen molar-refractivity contribution in [3.8, 4) is 0 Å². The van der Waals surface area contributed by atoms with Crippen molar-refractivity contribution >= 4 is 20.2 Å². The molecule has 1 rings (SSSR count). The van der Waals surface area contributed by atoms with Crippen LogP contribution >= 0.6 is 0 Å². The Morgan fingerprint density at radius 2 is 1.22 bits per heavy atom. The lowest BCUT2D eigenvalue weighted by Gasteiger charge is -2.35. The molecule has 0 atom stereocenters. The molecular weight excluding hydrogens is 280 g/mol. The SMILES string of the molecule is CS(=O)(=O)OCC1(COS(C)(=O)=O)CCCCC1. The standard InChI is InChI=1S/C10H20O6S2/c1-17(11,12)15-8-10(6-4-3-5-7-10)9-16-18(2,13)14/h3-9H2,1-2H3. The van der Waals surface area contributed by atoms with Crippen LogP contribution < -0.4 is 0 Å². The fraction of sp³-hybridized carbons (Fsp3) is 1.00. The molecular formula is C10H20O6S2. The van der Waals surface area contributed by atoms with E-state index in [0.29, 0.717) is 0 Å². The molecule has 0 unspecified atom stereocenters. The van der Waals surface area contributed by atoms with E-state index in [1.54, 1.807) is 0 Å². The van der Waals surface area contributed by atoms with Gasteiger partial charge in [-0.15, -0.1) is 0 Å². The zero-order valence-electron chi connectivity index (χ0n) is 10.7. The van der Waals surface area contributed by atoms with Crippen molar-refractivity contribution in [3.63, 3.8) is 0 Å². The third kappa shape index (κ3) is 6.12. The molecule has 6 nitrogen and oxygen atoms in total. The summed E-state index contributed by atoms with van der Waals surface area (Å²) < 4.78 is 53.8. The van der Waals surface area contributed by atoms with Crippen LogP contribution in [0.2, 0.25) is 0 Å². The van der Waals surface area contributed by atoms with Gasteiger partial charge in [-0.3, -0.25) is 8.37 Å². The average molecular weight is 300 g/mol. The van der Waals surface area contributed by atoms with Gasteiger partial charge in [0.1, 0.15) is 0 Å². The summed E-state index contributed by atoms with van der Waals surface area (Å²) in [5.74, 6) is 0. The van der Waals surface area contributed by atoms with Gasteiger partial charge in [0.05, 0.1) is 25.7 Å². The molecule has 1 aliphatic rings. The lowest BCUT2D eigenvalue weighted by Crippen LogP contribution is -2.36. The fourth-order valence-electron chi connectivity index (χ4n) is 2.10.